The van der Waals surface area contributed by atoms with Crippen molar-refractivity contribution in [3.05, 3.63) is 303 Å². The van der Waals surface area contributed by atoms with E-state index in [9.17, 15) is 28.8 Å². The first-order chi connectivity index (χ1) is 60.1. The standard InChI is InChI=1S/C39H39N9O9.C17H18N6.C16H16N6.C15H12N6/c1-4-55-31-28(49)46(37(52)43(31)22-25-16-10-7-11-17-25)34-40-35(47-29(50)32(56-5-2)44(38(47)53)23-26-18-12-8-13-19-26)42-36(41-34)48-30(51)33(57-6-3)45(39(48)54)24-27-20-14-9-15-21-27;1-23(2)17-21-15(18-13-9-5-3-6-10-13)20-16(22-17)19-14-11-7-4-8-12-14;1-17-14-20-15(18-12-8-4-2-5-9-12)22-16(21-14)19-13-10-6-3-7-11-13;1-2-8-19(7-1)13-16-14(20-9-3-4-10-20)18-15(17-13)21-11-5-6-12-21/h7-21,31-33H,4-6,22-24H2,1-3H3;3-12H,1-2H3,(H2,18,19,20,21,22);2-11H,1H3,(H3,17,18,19,20,21,22);1-12H. The average Bonchev–Trinajstić information content (AvgIpc) is 1.59. The number of benzene rings is 7. The zero-order chi connectivity index (χ0) is 85.6. The van der Waals surface area contributed by atoms with E-state index in [0.717, 1.165) is 22.7 Å². The molecule has 3 fully saturated rings. The second kappa shape index (κ2) is 39.9. The highest BCUT2D eigenvalue weighted by Gasteiger charge is 2.53. The molecule has 123 heavy (non-hydrogen) atoms. The fourth-order valence-corrected chi connectivity index (χ4v) is 12.6. The van der Waals surface area contributed by atoms with Gasteiger partial charge in [0.2, 0.25) is 90.1 Å². The van der Waals surface area contributed by atoms with Gasteiger partial charge in [-0.15, -0.1) is 0 Å². The molecule has 622 valence electrons. The second-order valence-electron chi connectivity index (χ2n) is 27.1. The minimum Gasteiger partial charge on any atom is -0.357 e. The fraction of sp³-hybridized carbons (Fsp3) is 0.172. The third kappa shape index (κ3) is 20.6. The van der Waals surface area contributed by atoms with Crippen LogP contribution in [0.15, 0.2) is 286 Å². The van der Waals surface area contributed by atoms with Crippen LogP contribution in [0.3, 0.4) is 0 Å². The molecular weight excluding hydrogens is 1570 g/mol. The number of hydrogen-bond donors (Lipinski definition) is 5. The van der Waals surface area contributed by atoms with Crippen LogP contribution < -0.4 is 46.2 Å². The third-order valence-electron chi connectivity index (χ3n) is 18.3. The van der Waals surface area contributed by atoms with Gasteiger partial charge in [0.1, 0.15) is 0 Å². The van der Waals surface area contributed by atoms with Crippen LogP contribution in [-0.4, -0.2) is 184 Å². The molecule has 0 spiro atoms. The number of anilines is 13. The molecule has 36 heteroatoms. The van der Waals surface area contributed by atoms with E-state index in [1.54, 1.807) is 119 Å². The Kier molecular flexibility index (Phi) is 27.1. The molecule has 3 aliphatic rings. The number of hydrogen-bond acceptors (Lipinski definition) is 27. The quantitative estimate of drug-likeness (QED) is 0.0284. The van der Waals surface area contributed by atoms with Gasteiger partial charge in [-0.25, -0.2) is 14.4 Å². The lowest BCUT2D eigenvalue weighted by atomic mass is 10.2. The van der Waals surface area contributed by atoms with Crippen molar-refractivity contribution in [2.45, 2.75) is 59.1 Å². The van der Waals surface area contributed by atoms with Crippen molar-refractivity contribution in [2.24, 2.45) is 0 Å². The lowest BCUT2D eigenvalue weighted by molar-refractivity contribution is -0.134. The number of nitrogens with zero attached hydrogens (tertiary/aromatic N) is 22. The molecule has 9 amide bonds. The smallest absolute Gasteiger partial charge is 0.336 e. The monoisotopic (exact) mass is 1650 g/mol. The van der Waals surface area contributed by atoms with E-state index < -0.39 is 72.3 Å². The van der Waals surface area contributed by atoms with Crippen molar-refractivity contribution in [1.82, 2.24) is 88.2 Å². The largest absolute Gasteiger partial charge is 0.357 e. The number of amides is 9. The number of rotatable bonds is 28. The number of carbonyl (C=O) groups excluding carboxylic acids is 6. The molecule has 0 aliphatic carbocycles. The summed E-state index contributed by atoms with van der Waals surface area (Å²) in [5.74, 6) is 0.0752. The Bertz CT molecular complexity index is 5350. The highest BCUT2D eigenvalue weighted by molar-refractivity contribution is 6.23. The van der Waals surface area contributed by atoms with Crippen LogP contribution >= 0.6 is 0 Å². The molecule has 0 bridgehead atoms. The van der Waals surface area contributed by atoms with Crippen molar-refractivity contribution >= 4 is 112 Å². The average molecular weight is 1650 g/mol. The number of aromatic nitrogens is 15. The highest BCUT2D eigenvalue weighted by atomic mass is 16.5. The summed E-state index contributed by atoms with van der Waals surface area (Å²) in [6.45, 7) is 4.99. The van der Waals surface area contributed by atoms with Crippen molar-refractivity contribution < 1.29 is 43.0 Å². The van der Waals surface area contributed by atoms with Crippen LogP contribution in [0.5, 0.6) is 0 Å². The van der Waals surface area contributed by atoms with Crippen LogP contribution in [-0.2, 0) is 48.2 Å². The summed E-state index contributed by atoms with van der Waals surface area (Å²) in [5.41, 5.74) is 5.74. The molecule has 10 heterocycles. The Hall–Kier alpha value is -16.1. The van der Waals surface area contributed by atoms with E-state index >= 15 is 0 Å². The molecule has 36 nitrogen and oxygen atoms in total. The molecule has 3 saturated heterocycles. The van der Waals surface area contributed by atoms with Crippen molar-refractivity contribution in [2.75, 3.05) is 87.1 Å². The van der Waals surface area contributed by atoms with Crippen LogP contribution in [0.1, 0.15) is 37.5 Å². The molecule has 3 atom stereocenters. The van der Waals surface area contributed by atoms with Gasteiger partial charge in [-0.2, -0.15) is 74.5 Å². The van der Waals surface area contributed by atoms with Gasteiger partial charge in [0.15, 0.2) is 0 Å². The maximum atomic E-state index is 14.2. The number of ether oxygens (including phenoxy) is 3. The summed E-state index contributed by atoms with van der Waals surface area (Å²) in [6.07, 6.45) is 7.23. The van der Waals surface area contributed by atoms with Crippen LogP contribution in [0.4, 0.5) is 90.7 Å². The van der Waals surface area contributed by atoms with Crippen LogP contribution in [0.2, 0.25) is 0 Å². The summed E-state index contributed by atoms with van der Waals surface area (Å²) in [5, 5.41) is 15.7. The lowest BCUT2D eigenvalue weighted by Crippen LogP contribution is -2.39. The maximum Gasteiger partial charge on any atom is 0.336 e. The summed E-state index contributed by atoms with van der Waals surface area (Å²) < 4.78 is 22.8. The maximum absolute atomic E-state index is 14.2. The van der Waals surface area contributed by atoms with E-state index in [0.29, 0.717) is 84.9 Å². The van der Waals surface area contributed by atoms with E-state index in [1.807, 2.05) is 228 Å². The summed E-state index contributed by atoms with van der Waals surface area (Å²) in [7, 11) is 5.57. The highest BCUT2D eigenvalue weighted by Crippen LogP contribution is 2.35. The predicted octanol–water partition coefficient (Wildman–Crippen LogP) is 12.9. The topological polar surface area (TPSA) is 382 Å². The first kappa shape index (κ1) is 83.4. The summed E-state index contributed by atoms with van der Waals surface area (Å²) >= 11 is 0. The van der Waals surface area contributed by atoms with Crippen molar-refractivity contribution in [3.63, 3.8) is 0 Å². The summed E-state index contributed by atoms with van der Waals surface area (Å²) in [4.78, 5) is 145. The van der Waals surface area contributed by atoms with Gasteiger partial charge >= 0.3 is 18.1 Å². The molecule has 14 aromatic rings. The Morgan fingerprint density at radius 2 is 0.520 bits per heavy atom. The van der Waals surface area contributed by atoms with Crippen LogP contribution in [0, 0.1) is 0 Å². The molecule has 3 unspecified atom stereocenters. The number of carbonyl (C=O) groups is 6. The van der Waals surface area contributed by atoms with Gasteiger partial charge in [0.05, 0.1) is 19.6 Å². The van der Waals surface area contributed by atoms with E-state index in [2.05, 4.69) is 86.4 Å². The van der Waals surface area contributed by atoms with Gasteiger partial charge < -0.3 is 45.7 Å². The zero-order valence-corrected chi connectivity index (χ0v) is 67.6. The molecule has 0 saturated carbocycles. The van der Waals surface area contributed by atoms with Gasteiger partial charge in [-0.3, -0.25) is 42.8 Å². The Labute approximate surface area is 706 Å². The van der Waals surface area contributed by atoms with Gasteiger partial charge in [0.25, 0.3) is 17.7 Å². The minimum atomic E-state index is -1.41. The molecular formula is C87H85N27O9. The number of para-hydroxylation sites is 4. The van der Waals surface area contributed by atoms with Crippen molar-refractivity contribution in [3.8, 4) is 17.8 Å². The Morgan fingerprint density at radius 1 is 0.293 bits per heavy atom. The molecule has 3 aliphatic heterocycles. The van der Waals surface area contributed by atoms with Gasteiger partial charge in [0, 0.05) is 101 Å². The van der Waals surface area contributed by atoms with Gasteiger partial charge in [-0.05, 0) is 122 Å². The molecule has 7 aromatic carbocycles. The van der Waals surface area contributed by atoms with Crippen molar-refractivity contribution in [1.29, 1.82) is 0 Å². The lowest BCUT2D eigenvalue weighted by Gasteiger charge is -2.22. The molecule has 7 aromatic heterocycles. The zero-order valence-electron chi connectivity index (χ0n) is 67.6. The summed E-state index contributed by atoms with van der Waals surface area (Å²) in [6, 6.07) is 74.7. The molecule has 5 N–H and O–H groups in total. The van der Waals surface area contributed by atoms with E-state index in [4.69, 9.17) is 14.2 Å². The predicted molar refractivity (Wildman–Crippen MR) is 461 cm³/mol. The van der Waals surface area contributed by atoms with E-state index in [-0.39, 0.29) is 39.5 Å². The minimum absolute atomic E-state index is 0.0431. The SMILES string of the molecule is CCOC1C(=O)N(c2nc(N3C(=O)C(OCC)N(Cc4ccccc4)C3=O)nc(N3C(=O)C(OCC)N(Cc4ccccc4)C3=O)n2)C(=O)N1Cc1ccccc1.CN(C)c1nc(Nc2ccccc2)nc(Nc2ccccc2)n1.CNc1nc(Nc2ccccc2)nc(Nc2ccccc2)n1.c1ccn(-c2nc(-n3cccc3)nc(-n3cccc3)n2)c1. The Morgan fingerprint density at radius 3 is 0.756 bits per heavy atom. The third-order valence-corrected chi connectivity index (χ3v) is 18.3. The number of urea groups is 3. The second-order valence-corrected chi connectivity index (χ2v) is 27.1. The number of imide groups is 3. The first-order valence-electron chi connectivity index (χ1n) is 39.1. The number of nitrogens with one attached hydrogen (secondary N) is 5. The Balaban J connectivity index is 0.000000152. The molecule has 0 radical (unpaired) electrons. The first-order valence-corrected chi connectivity index (χ1v) is 39.1. The van der Waals surface area contributed by atoms with E-state index in [1.165, 1.54) is 14.7 Å². The normalized spacial score (nSPS) is 14.8. The van der Waals surface area contributed by atoms with Crippen LogP contribution in [0.25, 0.3) is 17.8 Å². The molecule has 17 rings (SSSR count). The van der Waals surface area contributed by atoms with Gasteiger partial charge in [-0.1, -0.05) is 164 Å². The fourth-order valence-electron chi connectivity index (χ4n) is 12.6.